The Kier molecular flexibility index (Phi) is 6.41. The molecule has 7 heteroatoms. The van der Waals surface area contributed by atoms with Gasteiger partial charge in [-0.15, -0.1) is 6.42 Å². The van der Waals surface area contributed by atoms with Gasteiger partial charge in [0.15, 0.2) is 6.61 Å². The molecule has 1 rings (SSSR count). The lowest BCUT2D eigenvalue weighted by molar-refractivity contribution is -0.147. The van der Waals surface area contributed by atoms with Gasteiger partial charge in [0.1, 0.15) is 12.4 Å². The van der Waals surface area contributed by atoms with Gasteiger partial charge >= 0.3 is 5.97 Å². The number of amides is 2. The molecular weight excluding hydrogens is 279 g/mol. The number of terminal acetylenes is 1. The Bertz CT molecular complexity index is 563. The zero-order valence-corrected chi connectivity index (χ0v) is 11.0. The molecule has 0 aromatic heterocycles. The Morgan fingerprint density at radius 3 is 2.48 bits per heavy atom. The largest absolute Gasteiger partial charge is 0.454 e. The van der Waals surface area contributed by atoms with E-state index in [0.717, 1.165) is 12.1 Å². The van der Waals surface area contributed by atoms with Crippen LogP contribution in [0.1, 0.15) is 10.4 Å². The summed E-state index contributed by atoms with van der Waals surface area (Å²) in [4.78, 5) is 34.0. The van der Waals surface area contributed by atoms with Crippen LogP contribution in [0, 0.1) is 18.2 Å². The molecule has 0 unspecified atom stereocenters. The molecule has 0 aliphatic rings. The van der Waals surface area contributed by atoms with E-state index in [-0.39, 0.29) is 12.1 Å². The molecule has 0 aliphatic heterocycles. The summed E-state index contributed by atoms with van der Waals surface area (Å²) in [5.41, 5.74) is 0.205. The van der Waals surface area contributed by atoms with Crippen molar-refractivity contribution >= 4 is 17.8 Å². The molecule has 0 bridgehead atoms. The summed E-state index contributed by atoms with van der Waals surface area (Å²) in [5, 5.41) is 4.59. The smallest absolute Gasteiger partial charge is 0.325 e. The maximum Gasteiger partial charge on any atom is 0.325 e. The van der Waals surface area contributed by atoms with Gasteiger partial charge in [-0.2, -0.15) is 0 Å². The molecule has 2 amide bonds. The van der Waals surface area contributed by atoms with Crippen LogP contribution in [0.25, 0.3) is 0 Å². The average molecular weight is 292 g/mol. The van der Waals surface area contributed by atoms with Gasteiger partial charge in [0.05, 0.1) is 6.54 Å². The van der Waals surface area contributed by atoms with E-state index in [1.807, 2.05) is 0 Å². The van der Waals surface area contributed by atoms with Gasteiger partial charge in [0.25, 0.3) is 11.8 Å². The molecule has 110 valence electrons. The van der Waals surface area contributed by atoms with E-state index in [1.54, 1.807) is 0 Å². The van der Waals surface area contributed by atoms with Crippen LogP contribution in [-0.4, -0.2) is 37.5 Å². The second kappa shape index (κ2) is 8.32. The zero-order chi connectivity index (χ0) is 15.7. The van der Waals surface area contributed by atoms with Crippen LogP contribution >= 0.6 is 0 Å². The number of nitrogens with one attached hydrogen (secondary N) is 2. The highest BCUT2D eigenvalue weighted by Crippen LogP contribution is 2.02. The van der Waals surface area contributed by atoms with E-state index in [9.17, 15) is 18.8 Å². The Labute approximate surface area is 120 Å². The van der Waals surface area contributed by atoms with E-state index >= 15 is 0 Å². The van der Waals surface area contributed by atoms with Gasteiger partial charge in [-0.25, -0.2) is 4.39 Å². The molecule has 6 nitrogen and oxygen atoms in total. The molecule has 1 aromatic rings. The first kappa shape index (κ1) is 16.2. The highest BCUT2D eigenvalue weighted by molar-refractivity contribution is 5.96. The molecule has 0 heterocycles. The van der Waals surface area contributed by atoms with Gasteiger partial charge < -0.3 is 15.4 Å². The number of rotatable bonds is 6. The molecule has 0 saturated heterocycles. The quantitative estimate of drug-likeness (QED) is 0.564. The second-order valence-corrected chi connectivity index (χ2v) is 3.83. The Morgan fingerprint density at radius 1 is 1.19 bits per heavy atom. The first-order valence-corrected chi connectivity index (χ1v) is 5.92. The minimum absolute atomic E-state index is 0.0394. The standard InChI is InChI=1S/C14H13FN2O4/c1-2-7-16-12(18)9-21-13(19)8-17-14(20)10-3-5-11(15)6-4-10/h1,3-6H,7-9H2,(H,16,18)(H,17,20). The normalized spacial score (nSPS) is 9.33. The van der Waals surface area contributed by atoms with Crippen molar-refractivity contribution < 1.29 is 23.5 Å². The molecule has 21 heavy (non-hydrogen) atoms. The highest BCUT2D eigenvalue weighted by atomic mass is 19.1. The molecule has 0 radical (unpaired) electrons. The number of esters is 1. The molecule has 0 atom stereocenters. The Morgan fingerprint density at radius 2 is 1.86 bits per heavy atom. The van der Waals surface area contributed by atoms with Crippen molar-refractivity contribution in [3.63, 3.8) is 0 Å². The summed E-state index contributed by atoms with van der Waals surface area (Å²) in [6.45, 7) is -0.844. The monoisotopic (exact) mass is 292 g/mol. The van der Waals surface area contributed by atoms with Gasteiger partial charge in [-0.05, 0) is 24.3 Å². The lowest BCUT2D eigenvalue weighted by Crippen LogP contribution is -2.34. The Hall–Kier alpha value is -2.88. The topological polar surface area (TPSA) is 84.5 Å². The molecule has 2 N–H and O–H groups in total. The number of hydrogen-bond donors (Lipinski definition) is 2. The van der Waals surface area contributed by atoms with Crippen LogP contribution in [0.4, 0.5) is 4.39 Å². The van der Waals surface area contributed by atoms with E-state index in [1.165, 1.54) is 12.1 Å². The van der Waals surface area contributed by atoms with Crippen molar-refractivity contribution in [2.75, 3.05) is 19.7 Å². The number of benzene rings is 1. The predicted molar refractivity (Wildman–Crippen MR) is 71.5 cm³/mol. The SMILES string of the molecule is C#CCNC(=O)COC(=O)CNC(=O)c1ccc(F)cc1. The second-order valence-electron chi connectivity index (χ2n) is 3.83. The molecule has 1 aromatic carbocycles. The van der Waals surface area contributed by atoms with Crippen LogP contribution in [-0.2, 0) is 14.3 Å². The number of carbonyl (C=O) groups excluding carboxylic acids is 3. The van der Waals surface area contributed by atoms with Crippen LogP contribution in [0.5, 0.6) is 0 Å². The lowest BCUT2D eigenvalue weighted by atomic mass is 10.2. The summed E-state index contributed by atoms with van der Waals surface area (Å²) >= 11 is 0. The molecule has 0 fully saturated rings. The lowest BCUT2D eigenvalue weighted by Gasteiger charge is -2.06. The van der Waals surface area contributed by atoms with Crippen molar-refractivity contribution in [1.82, 2.24) is 10.6 Å². The first-order valence-electron chi connectivity index (χ1n) is 5.92. The van der Waals surface area contributed by atoms with E-state index in [4.69, 9.17) is 6.42 Å². The van der Waals surface area contributed by atoms with Crippen molar-refractivity contribution in [3.8, 4) is 12.3 Å². The molecule has 0 aliphatic carbocycles. The van der Waals surface area contributed by atoms with Crippen molar-refractivity contribution in [3.05, 3.63) is 35.6 Å². The molecule has 0 saturated carbocycles. The van der Waals surface area contributed by atoms with E-state index in [0.29, 0.717) is 0 Å². The average Bonchev–Trinajstić information content (AvgIpc) is 2.49. The molecular formula is C14H13FN2O4. The third kappa shape index (κ3) is 6.20. The summed E-state index contributed by atoms with van der Waals surface area (Å²) in [6.07, 6.45) is 4.93. The van der Waals surface area contributed by atoms with E-state index < -0.39 is 36.8 Å². The fraction of sp³-hybridized carbons (Fsp3) is 0.214. The number of ether oxygens (including phenoxy) is 1. The number of hydrogen-bond acceptors (Lipinski definition) is 4. The summed E-state index contributed by atoms with van der Waals surface area (Å²) in [5.74, 6) is -0.141. The van der Waals surface area contributed by atoms with Gasteiger partial charge in [0.2, 0.25) is 0 Å². The minimum Gasteiger partial charge on any atom is -0.454 e. The summed E-state index contributed by atoms with van der Waals surface area (Å²) < 4.78 is 17.3. The summed E-state index contributed by atoms with van der Waals surface area (Å²) in [6, 6.07) is 4.82. The zero-order valence-electron chi connectivity index (χ0n) is 11.0. The minimum atomic E-state index is -0.777. The van der Waals surface area contributed by atoms with Crippen LogP contribution in [0.2, 0.25) is 0 Å². The fourth-order valence-electron chi connectivity index (χ4n) is 1.25. The number of halogens is 1. The number of carbonyl (C=O) groups is 3. The Balaban J connectivity index is 2.30. The predicted octanol–water partition coefficient (Wildman–Crippen LogP) is -0.152. The van der Waals surface area contributed by atoms with Crippen molar-refractivity contribution in [1.29, 1.82) is 0 Å². The van der Waals surface area contributed by atoms with Crippen LogP contribution in [0.15, 0.2) is 24.3 Å². The third-order valence-corrected chi connectivity index (χ3v) is 2.25. The van der Waals surface area contributed by atoms with Crippen molar-refractivity contribution in [2.45, 2.75) is 0 Å². The van der Waals surface area contributed by atoms with Gasteiger partial charge in [-0.3, -0.25) is 14.4 Å². The van der Waals surface area contributed by atoms with Crippen LogP contribution in [0.3, 0.4) is 0 Å². The highest BCUT2D eigenvalue weighted by Gasteiger charge is 2.10. The van der Waals surface area contributed by atoms with Gasteiger partial charge in [-0.1, -0.05) is 5.92 Å². The maximum absolute atomic E-state index is 12.7. The fourth-order valence-corrected chi connectivity index (χ4v) is 1.25. The maximum atomic E-state index is 12.7. The van der Waals surface area contributed by atoms with Gasteiger partial charge in [0, 0.05) is 5.56 Å². The molecule has 0 spiro atoms. The first-order chi connectivity index (χ1) is 10.0. The van der Waals surface area contributed by atoms with Crippen molar-refractivity contribution in [2.24, 2.45) is 0 Å². The summed E-state index contributed by atoms with van der Waals surface area (Å²) in [7, 11) is 0. The third-order valence-electron chi connectivity index (χ3n) is 2.25. The van der Waals surface area contributed by atoms with Crippen LogP contribution < -0.4 is 10.6 Å². The van der Waals surface area contributed by atoms with E-state index in [2.05, 4.69) is 21.3 Å².